The number of anilines is 1. The number of hydrogen-bond acceptors (Lipinski definition) is 7. The molecule has 0 aliphatic carbocycles. The molecule has 8 heteroatoms. The number of carbonyl (C=O) groups is 1. The van der Waals surface area contributed by atoms with Crippen LogP contribution in [-0.2, 0) is 4.79 Å². The number of thioether (sulfide) groups is 1. The van der Waals surface area contributed by atoms with Gasteiger partial charge in [-0.1, -0.05) is 36.0 Å². The van der Waals surface area contributed by atoms with Crippen LogP contribution < -0.4 is 10.1 Å². The van der Waals surface area contributed by atoms with Crippen LogP contribution in [0.4, 0.5) is 5.69 Å². The number of phenols is 1. The first-order valence-electron chi connectivity index (χ1n) is 7.35. The maximum absolute atomic E-state index is 12.0. The summed E-state index contributed by atoms with van der Waals surface area (Å²) in [6.07, 6.45) is 0. The highest BCUT2D eigenvalue weighted by Crippen LogP contribution is 2.30. The van der Waals surface area contributed by atoms with Gasteiger partial charge in [-0.2, -0.15) is 0 Å². The van der Waals surface area contributed by atoms with Crippen molar-refractivity contribution in [3.63, 3.8) is 0 Å². The monoisotopic (exact) mass is 357 g/mol. The third kappa shape index (κ3) is 4.10. The quantitative estimate of drug-likeness (QED) is 0.516. The summed E-state index contributed by atoms with van der Waals surface area (Å²) < 4.78 is 10.8. The number of amides is 1. The average molecular weight is 357 g/mol. The highest BCUT2D eigenvalue weighted by atomic mass is 32.2. The third-order valence-electron chi connectivity index (χ3n) is 3.25. The SMILES string of the molecule is COc1ccccc1-c1nnc(SCC(=O)Nc2ccccc2O)o1. The van der Waals surface area contributed by atoms with Crippen LogP contribution in [0.25, 0.3) is 11.5 Å². The van der Waals surface area contributed by atoms with Gasteiger partial charge in [0.05, 0.1) is 24.1 Å². The van der Waals surface area contributed by atoms with Crippen LogP contribution in [0.3, 0.4) is 0 Å². The van der Waals surface area contributed by atoms with E-state index in [0.29, 0.717) is 22.9 Å². The van der Waals surface area contributed by atoms with Crippen molar-refractivity contribution in [1.82, 2.24) is 10.2 Å². The molecule has 3 aromatic rings. The van der Waals surface area contributed by atoms with Gasteiger partial charge in [0.15, 0.2) is 0 Å². The molecule has 25 heavy (non-hydrogen) atoms. The van der Waals surface area contributed by atoms with Crippen LogP contribution in [0.2, 0.25) is 0 Å². The second kappa shape index (κ2) is 7.71. The van der Waals surface area contributed by atoms with Gasteiger partial charge in [0.1, 0.15) is 11.5 Å². The van der Waals surface area contributed by atoms with Gasteiger partial charge in [-0.15, -0.1) is 10.2 Å². The molecular weight excluding hydrogens is 342 g/mol. The minimum absolute atomic E-state index is 0.0112. The Morgan fingerprint density at radius 1 is 1.20 bits per heavy atom. The van der Waals surface area contributed by atoms with Gasteiger partial charge in [0, 0.05) is 0 Å². The van der Waals surface area contributed by atoms with Crippen molar-refractivity contribution < 1.29 is 19.1 Å². The first kappa shape index (κ1) is 16.8. The molecule has 2 N–H and O–H groups in total. The predicted molar refractivity (Wildman–Crippen MR) is 93.7 cm³/mol. The molecule has 0 bridgehead atoms. The van der Waals surface area contributed by atoms with E-state index in [9.17, 15) is 9.90 Å². The summed E-state index contributed by atoms with van der Waals surface area (Å²) in [6.45, 7) is 0. The number of benzene rings is 2. The number of hydrogen-bond donors (Lipinski definition) is 2. The summed E-state index contributed by atoms with van der Waals surface area (Å²) in [5, 5.41) is 20.4. The number of nitrogens with zero attached hydrogens (tertiary/aromatic N) is 2. The molecule has 0 aliphatic rings. The molecule has 2 aromatic carbocycles. The minimum atomic E-state index is -0.288. The van der Waals surface area contributed by atoms with Crippen LogP contribution in [0, 0.1) is 0 Å². The molecule has 0 spiro atoms. The smallest absolute Gasteiger partial charge is 0.277 e. The molecule has 0 aliphatic heterocycles. The molecule has 1 aromatic heterocycles. The molecule has 0 saturated carbocycles. The van der Waals surface area contributed by atoms with E-state index in [2.05, 4.69) is 15.5 Å². The molecule has 0 saturated heterocycles. The van der Waals surface area contributed by atoms with E-state index in [1.807, 2.05) is 18.2 Å². The van der Waals surface area contributed by atoms with Gasteiger partial charge in [0.25, 0.3) is 11.1 Å². The fraction of sp³-hybridized carbons (Fsp3) is 0.118. The zero-order valence-electron chi connectivity index (χ0n) is 13.3. The molecular formula is C17H15N3O4S. The first-order valence-corrected chi connectivity index (χ1v) is 8.33. The second-order valence-electron chi connectivity index (χ2n) is 4.93. The van der Waals surface area contributed by atoms with Crippen molar-refractivity contribution in [3.05, 3.63) is 48.5 Å². The van der Waals surface area contributed by atoms with E-state index < -0.39 is 0 Å². The number of para-hydroxylation sites is 3. The van der Waals surface area contributed by atoms with Gasteiger partial charge in [-0.05, 0) is 24.3 Å². The standard InChI is InChI=1S/C17H15N3O4S/c1-23-14-9-5-2-6-11(14)16-19-20-17(24-16)25-10-15(22)18-12-7-3-4-8-13(12)21/h2-9,21H,10H2,1H3,(H,18,22). The maximum atomic E-state index is 12.0. The maximum Gasteiger partial charge on any atom is 0.277 e. The molecule has 0 fully saturated rings. The highest BCUT2D eigenvalue weighted by molar-refractivity contribution is 7.99. The summed E-state index contributed by atoms with van der Waals surface area (Å²) in [6, 6.07) is 13.8. The Morgan fingerprint density at radius 2 is 1.96 bits per heavy atom. The predicted octanol–water partition coefficient (Wildman–Crippen LogP) is 3.18. The van der Waals surface area contributed by atoms with E-state index >= 15 is 0 Å². The van der Waals surface area contributed by atoms with E-state index in [1.165, 1.54) is 6.07 Å². The van der Waals surface area contributed by atoms with E-state index in [1.54, 1.807) is 31.4 Å². The Hall–Kier alpha value is -3.00. The number of phenolic OH excluding ortho intramolecular Hbond substituents is 1. The molecule has 0 unspecified atom stereocenters. The molecule has 3 rings (SSSR count). The summed E-state index contributed by atoms with van der Waals surface area (Å²) in [5.74, 6) is 0.740. The number of aromatic hydroxyl groups is 1. The van der Waals surface area contributed by atoms with Crippen molar-refractivity contribution in [1.29, 1.82) is 0 Å². The number of aromatic nitrogens is 2. The van der Waals surface area contributed by atoms with Gasteiger partial charge >= 0.3 is 0 Å². The summed E-state index contributed by atoms with van der Waals surface area (Å²) >= 11 is 1.11. The van der Waals surface area contributed by atoms with Gasteiger partial charge < -0.3 is 19.6 Å². The Kier molecular flexibility index (Phi) is 5.20. The topological polar surface area (TPSA) is 97.5 Å². The van der Waals surface area contributed by atoms with Crippen molar-refractivity contribution in [3.8, 4) is 23.0 Å². The molecule has 0 radical (unpaired) electrons. The van der Waals surface area contributed by atoms with E-state index in [0.717, 1.165) is 11.8 Å². The fourth-order valence-corrected chi connectivity index (χ4v) is 2.65. The molecule has 0 atom stereocenters. The number of nitrogens with one attached hydrogen (secondary N) is 1. The second-order valence-corrected chi connectivity index (χ2v) is 5.85. The number of rotatable bonds is 6. The van der Waals surface area contributed by atoms with Crippen molar-refractivity contribution >= 4 is 23.4 Å². The van der Waals surface area contributed by atoms with Crippen molar-refractivity contribution in [2.45, 2.75) is 5.22 Å². The van der Waals surface area contributed by atoms with E-state index in [4.69, 9.17) is 9.15 Å². The summed E-state index contributed by atoms with van der Waals surface area (Å²) in [4.78, 5) is 12.0. The van der Waals surface area contributed by atoms with Crippen LogP contribution in [0.1, 0.15) is 0 Å². The lowest BCUT2D eigenvalue weighted by molar-refractivity contribution is -0.113. The fourth-order valence-electron chi connectivity index (χ4n) is 2.09. The largest absolute Gasteiger partial charge is 0.506 e. The normalized spacial score (nSPS) is 10.4. The van der Waals surface area contributed by atoms with E-state index in [-0.39, 0.29) is 22.6 Å². The lowest BCUT2D eigenvalue weighted by Crippen LogP contribution is -2.14. The lowest BCUT2D eigenvalue weighted by atomic mass is 10.2. The van der Waals surface area contributed by atoms with Gasteiger partial charge in [-0.25, -0.2) is 0 Å². The minimum Gasteiger partial charge on any atom is -0.506 e. The molecule has 7 nitrogen and oxygen atoms in total. The van der Waals surface area contributed by atoms with Crippen LogP contribution in [0.15, 0.2) is 58.2 Å². The van der Waals surface area contributed by atoms with Crippen LogP contribution in [-0.4, -0.2) is 34.1 Å². The van der Waals surface area contributed by atoms with Crippen LogP contribution in [0.5, 0.6) is 11.5 Å². The van der Waals surface area contributed by atoms with Crippen molar-refractivity contribution in [2.75, 3.05) is 18.2 Å². The number of methoxy groups -OCH3 is 1. The molecule has 128 valence electrons. The lowest BCUT2D eigenvalue weighted by Gasteiger charge is -2.05. The Morgan fingerprint density at radius 3 is 2.76 bits per heavy atom. The molecule has 1 heterocycles. The summed E-state index contributed by atoms with van der Waals surface area (Å²) in [5.41, 5.74) is 1.04. The zero-order chi connectivity index (χ0) is 17.6. The van der Waals surface area contributed by atoms with Crippen LogP contribution >= 0.6 is 11.8 Å². The number of carbonyl (C=O) groups excluding carboxylic acids is 1. The number of ether oxygens (including phenoxy) is 1. The molecule has 1 amide bonds. The Bertz CT molecular complexity index is 882. The first-order chi connectivity index (χ1) is 12.2. The highest BCUT2D eigenvalue weighted by Gasteiger charge is 2.14. The Balaban J connectivity index is 1.62. The van der Waals surface area contributed by atoms with Gasteiger partial charge in [0.2, 0.25) is 5.91 Å². The average Bonchev–Trinajstić information content (AvgIpc) is 3.11. The third-order valence-corrected chi connectivity index (χ3v) is 4.07. The Labute approximate surface area is 148 Å². The summed E-state index contributed by atoms with van der Waals surface area (Å²) in [7, 11) is 1.56. The zero-order valence-corrected chi connectivity index (χ0v) is 14.1. The van der Waals surface area contributed by atoms with Crippen molar-refractivity contribution in [2.24, 2.45) is 0 Å². The van der Waals surface area contributed by atoms with Gasteiger partial charge in [-0.3, -0.25) is 4.79 Å².